The number of likely N-dealkylation sites (tertiary alicyclic amines) is 1. The third-order valence-electron chi connectivity index (χ3n) is 6.50. The second kappa shape index (κ2) is 11.2. The standard InChI is InChI=1S/C27H29ClN4O3/c28-22-4-1-3-21(19-22)26-29-11-10-24(30-26)25-5-2-12-32(25)27(33)20-6-8-23(9-7-20)35-18-15-31-13-16-34-17-14-31/h1,3-4,6-11,19,25H,2,5,12-18H2. The maximum absolute atomic E-state index is 13.4. The van der Waals surface area contributed by atoms with Gasteiger partial charge < -0.3 is 14.4 Å². The van der Waals surface area contributed by atoms with Crippen molar-refractivity contribution in [1.29, 1.82) is 0 Å². The molecule has 1 amide bonds. The summed E-state index contributed by atoms with van der Waals surface area (Å²) < 4.78 is 11.3. The highest BCUT2D eigenvalue weighted by Crippen LogP contribution is 2.33. The van der Waals surface area contributed by atoms with Gasteiger partial charge in [0.2, 0.25) is 0 Å². The van der Waals surface area contributed by atoms with Crippen LogP contribution in [0.5, 0.6) is 5.75 Å². The fourth-order valence-corrected chi connectivity index (χ4v) is 4.81. The Balaban J connectivity index is 1.23. The van der Waals surface area contributed by atoms with E-state index in [0.29, 0.717) is 29.6 Å². The lowest BCUT2D eigenvalue weighted by atomic mass is 10.1. The van der Waals surface area contributed by atoms with Crippen molar-refractivity contribution in [2.75, 3.05) is 46.0 Å². The Morgan fingerprint density at radius 1 is 1.09 bits per heavy atom. The largest absolute Gasteiger partial charge is 0.492 e. The molecule has 182 valence electrons. The Bertz CT molecular complexity index is 1150. The molecular weight excluding hydrogens is 464 g/mol. The van der Waals surface area contributed by atoms with E-state index in [1.165, 1.54) is 0 Å². The molecule has 1 atom stereocenters. The quantitative estimate of drug-likeness (QED) is 0.484. The van der Waals surface area contributed by atoms with E-state index in [1.54, 1.807) is 6.20 Å². The van der Waals surface area contributed by atoms with Crippen LogP contribution in [0.1, 0.15) is 34.9 Å². The van der Waals surface area contributed by atoms with Gasteiger partial charge in [0.1, 0.15) is 12.4 Å². The molecule has 8 heteroatoms. The number of halogens is 1. The molecule has 7 nitrogen and oxygen atoms in total. The van der Waals surface area contributed by atoms with E-state index >= 15 is 0 Å². The lowest BCUT2D eigenvalue weighted by Gasteiger charge is -2.26. The third-order valence-corrected chi connectivity index (χ3v) is 6.73. The molecule has 2 aliphatic rings. The van der Waals surface area contributed by atoms with E-state index < -0.39 is 0 Å². The molecule has 2 fully saturated rings. The summed E-state index contributed by atoms with van der Waals surface area (Å²) in [4.78, 5) is 26.8. The molecule has 0 aliphatic carbocycles. The van der Waals surface area contributed by atoms with Gasteiger partial charge in [0.05, 0.1) is 24.9 Å². The number of aromatic nitrogens is 2. The maximum Gasteiger partial charge on any atom is 0.254 e. The van der Waals surface area contributed by atoms with Crippen LogP contribution >= 0.6 is 11.6 Å². The van der Waals surface area contributed by atoms with Gasteiger partial charge >= 0.3 is 0 Å². The van der Waals surface area contributed by atoms with Crippen LogP contribution in [0.25, 0.3) is 11.4 Å². The van der Waals surface area contributed by atoms with Gasteiger partial charge in [-0.15, -0.1) is 0 Å². The van der Waals surface area contributed by atoms with Gasteiger partial charge in [-0.2, -0.15) is 0 Å². The van der Waals surface area contributed by atoms with E-state index in [9.17, 15) is 4.79 Å². The summed E-state index contributed by atoms with van der Waals surface area (Å²) in [5.74, 6) is 1.40. The predicted molar refractivity (Wildman–Crippen MR) is 135 cm³/mol. The highest BCUT2D eigenvalue weighted by Gasteiger charge is 2.32. The average molecular weight is 493 g/mol. The van der Waals surface area contributed by atoms with Gasteiger partial charge in [0.25, 0.3) is 5.91 Å². The second-order valence-corrected chi connectivity index (χ2v) is 9.24. The number of rotatable bonds is 7. The Hall–Kier alpha value is -3.00. The van der Waals surface area contributed by atoms with Crippen LogP contribution in [0.3, 0.4) is 0 Å². The van der Waals surface area contributed by atoms with E-state index in [1.807, 2.05) is 59.5 Å². The lowest BCUT2D eigenvalue weighted by Crippen LogP contribution is -2.38. The van der Waals surface area contributed by atoms with Gasteiger partial charge in [-0.25, -0.2) is 9.97 Å². The fraction of sp³-hybridized carbons (Fsp3) is 0.370. The van der Waals surface area contributed by atoms with E-state index in [2.05, 4.69) is 9.88 Å². The maximum atomic E-state index is 13.4. The summed E-state index contributed by atoms with van der Waals surface area (Å²) in [6.07, 6.45) is 3.57. The molecule has 2 aromatic carbocycles. The van der Waals surface area contributed by atoms with E-state index in [0.717, 1.165) is 62.7 Å². The van der Waals surface area contributed by atoms with Crippen molar-refractivity contribution in [3.63, 3.8) is 0 Å². The minimum Gasteiger partial charge on any atom is -0.492 e. The highest BCUT2D eigenvalue weighted by molar-refractivity contribution is 6.30. The van der Waals surface area contributed by atoms with Crippen molar-refractivity contribution >= 4 is 17.5 Å². The zero-order valence-corrected chi connectivity index (χ0v) is 20.4. The molecule has 35 heavy (non-hydrogen) atoms. The van der Waals surface area contributed by atoms with Crippen molar-refractivity contribution < 1.29 is 14.3 Å². The van der Waals surface area contributed by atoms with Gasteiger partial charge in [0.15, 0.2) is 5.82 Å². The smallest absolute Gasteiger partial charge is 0.254 e. The Kier molecular flexibility index (Phi) is 7.57. The van der Waals surface area contributed by atoms with Crippen LogP contribution in [0, 0.1) is 0 Å². The van der Waals surface area contributed by atoms with Crippen LogP contribution in [0.15, 0.2) is 60.8 Å². The third kappa shape index (κ3) is 5.81. The van der Waals surface area contributed by atoms with Crippen molar-refractivity contribution in [1.82, 2.24) is 19.8 Å². The number of carbonyl (C=O) groups excluding carboxylic acids is 1. The molecule has 5 rings (SSSR count). The first-order valence-electron chi connectivity index (χ1n) is 12.1. The van der Waals surface area contributed by atoms with Crippen LogP contribution < -0.4 is 4.74 Å². The van der Waals surface area contributed by atoms with Gasteiger partial charge in [-0.1, -0.05) is 23.7 Å². The van der Waals surface area contributed by atoms with Crippen LogP contribution in [-0.2, 0) is 4.74 Å². The number of carbonyl (C=O) groups is 1. The van der Waals surface area contributed by atoms with Crippen molar-refractivity contribution in [2.24, 2.45) is 0 Å². The summed E-state index contributed by atoms with van der Waals surface area (Å²) in [6, 6.07) is 16.8. The molecule has 0 saturated carbocycles. The predicted octanol–water partition coefficient (Wildman–Crippen LogP) is 4.49. The number of morpholine rings is 1. The zero-order chi connectivity index (χ0) is 24.0. The molecule has 0 radical (unpaired) electrons. The van der Waals surface area contributed by atoms with Gasteiger partial charge in [-0.3, -0.25) is 9.69 Å². The number of ether oxygens (including phenoxy) is 2. The first-order chi connectivity index (χ1) is 17.2. The summed E-state index contributed by atoms with van der Waals surface area (Å²) in [5.41, 5.74) is 2.37. The summed E-state index contributed by atoms with van der Waals surface area (Å²) in [6.45, 7) is 5.65. The van der Waals surface area contributed by atoms with Crippen molar-refractivity contribution in [3.05, 3.63) is 77.1 Å². The molecule has 0 spiro atoms. The van der Waals surface area contributed by atoms with Gasteiger partial charge in [0, 0.05) is 48.5 Å². The first kappa shape index (κ1) is 23.7. The molecule has 3 heterocycles. The van der Waals surface area contributed by atoms with Crippen molar-refractivity contribution in [2.45, 2.75) is 18.9 Å². The topological polar surface area (TPSA) is 67.8 Å². The van der Waals surface area contributed by atoms with E-state index in [4.69, 9.17) is 26.1 Å². The van der Waals surface area contributed by atoms with Gasteiger partial charge in [-0.05, 0) is 55.3 Å². The molecule has 1 aromatic heterocycles. The average Bonchev–Trinajstić information content (AvgIpc) is 3.40. The molecule has 1 unspecified atom stereocenters. The fourth-order valence-electron chi connectivity index (χ4n) is 4.62. The Morgan fingerprint density at radius 3 is 2.71 bits per heavy atom. The molecule has 0 bridgehead atoms. The highest BCUT2D eigenvalue weighted by atomic mass is 35.5. The molecule has 2 saturated heterocycles. The van der Waals surface area contributed by atoms with Crippen LogP contribution in [0.4, 0.5) is 0 Å². The second-order valence-electron chi connectivity index (χ2n) is 8.80. The minimum absolute atomic E-state index is 0.00952. The number of hydrogen-bond donors (Lipinski definition) is 0. The molecule has 2 aliphatic heterocycles. The minimum atomic E-state index is -0.0760. The lowest BCUT2D eigenvalue weighted by molar-refractivity contribution is 0.0322. The number of nitrogens with zero attached hydrogens (tertiary/aromatic N) is 4. The Labute approximate surface area is 210 Å². The first-order valence-corrected chi connectivity index (χ1v) is 12.5. The number of hydrogen-bond acceptors (Lipinski definition) is 6. The number of amides is 1. The van der Waals surface area contributed by atoms with Crippen LogP contribution in [-0.4, -0.2) is 71.7 Å². The van der Waals surface area contributed by atoms with Crippen molar-refractivity contribution in [3.8, 4) is 17.1 Å². The zero-order valence-electron chi connectivity index (χ0n) is 19.6. The number of benzene rings is 2. The van der Waals surface area contributed by atoms with E-state index in [-0.39, 0.29) is 11.9 Å². The molecule has 0 N–H and O–H groups in total. The normalized spacial score (nSPS) is 18.5. The van der Waals surface area contributed by atoms with Crippen LogP contribution in [0.2, 0.25) is 5.02 Å². The molecular formula is C27H29ClN4O3. The summed E-state index contributed by atoms with van der Waals surface area (Å²) in [5, 5.41) is 0.641. The summed E-state index contributed by atoms with van der Waals surface area (Å²) in [7, 11) is 0. The molecule has 3 aromatic rings. The summed E-state index contributed by atoms with van der Waals surface area (Å²) >= 11 is 6.14. The monoisotopic (exact) mass is 492 g/mol. The Morgan fingerprint density at radius 2 is 1.91 bits per heavy atom. The SMILES string of the molecule is O=C(c1ccc(OCCN2CCOCC2)cc1)N1CCCC1c1ccnc(-c2cccc(Cl)c2)n1.